The van der Waals surface area contributed by atoms with E-state index in [0.29, 0.717) is 17.2 Å². The van der Waals surface area contributed by atoms with Crippen molar-refractivity contribution in [1.82, 2.24) is 10.2 Å². The molecule has 1 saturated carbocycles. The number of likely N-dealkylation sites (tertiary alicyclic amines) is 1. The molecule has 0 bridgehead atoms. The maximum atomic E-state index is 12.3. The van der Waals surface area contributed by atoms with Gasteiger partial charge in [-0.3, -0.25) is 4.79 Å². The van der Waals surface area contributed by atoms with Crippen molar-refractivity contribution in [1.29, 1.82) is 0 Å². The molecule has 2 aliphatic rings. The molecular weight excluding hydrogens is 232 g/mol. The number of nitrogens with zero attached hydrogens (tertiary/aromatic N) is 1. The van der Waals surface area contributed by atoms with E-state index in [0.717, 1.165) is 25.9 Å². The zero-order valence-corrected chi connectivity index (χ0v) is 11.8. The number of thioether (sulfide) groups is 1. The van der Waals surface area contributed by atoms with Crippen molar-refractivity contribution >= 4 is 17.7 Å². The molecule has 0 radical (unpaired) electrons. The van der Waals surface area contributed by atoms with Gasteiger partial charge in [-0.1, -0.05) is 13.3 Å². The summed E-state index contributed by atoms with van der Waals surface area (Å²) in [6.45, 7) is 4.06. The van der Waals surface area contributed by atoms with Crippen molar-refractivity contribution in [3.8, 4) is 0 Å². The Bertz CT molecular complexity index is 272. The first-order valence-electron chi connectivity index (χ1n) is 6.84. The number of nitrogens with one attached hydrogen (secondary N) is 1. The summed E-state index contributed by atoms with van der Waals surface area (Å²) in [5, 5.41) is 4.04. The number of rotatable bonds is 5. The largest absolute Gasteiger partial charge is 0.337 e. The number of hydrogen-bond acceptors (Lipinski definition) is 3. The van der Waals surface area contributed by atoms with Crippen LogP contribution in [-0.2, 0) is 4.79 Å². The Morgan fingerprint density at radius 2 is 2.24 bits per heavy atom. The van der Waals surface area contributed by atoms with Crippen LogP contribution in [0, 0.1) is 0 Å². The Morgan fingerprint density at radius 1 is 1.41 bits per heavy atom. The van der Waals surface area contributed by atoms with Crippen molar-refractivity contribution in [2.75, 3.05) is 19.3 Å². The number of amides is 1. The van der Waals surface area contributed by atoms with E-state index in [9.17, 15) is 4.79 Å². The van der Waals surface area contributed by atoms with Crippen LogP contribution in [0.25, 0.3) is 0 Å². The molecule has 1 N–H and O–H groups in total. The summed E-state index contributed by atoms with van der Waals surface area (Å²) in [7, 11) is 0. The molecule has 2 fully saturated rings. The SMILES string of the molecule is CCCNC1CCN(C2CCCC2SC)C1=O. The quantitative estimate of drug-likeness (QED) is 0.815. The number of carbonyl (C=O) groups excluding carboxylic acids is 1. The molecule has 1 saturated heterocycles. The summed E-state index contributed by atoms with van der Waals surface area (Å²) in [6, 6.07) is 0.601. The third-order valence-electron chi connectivity index (χ3n) is 4.00. The summed E-state index contributed by atoms with van der Waals surface area (Å²) in [6.07, 6.45) is 8.04. The molecule has 17 heavy (non-hydrogen) atoms. The van der Waals surface area contributed by atoms with Gasteiger partial charge in [-0.25, -0.2) is 0 Å². The molecule has 98 valence electrons. The highest BCUT2D eigenvalue weighted by atomic mass is 32.2. The molecular formula is C13H24N2OS. The molecule has 0 spiro atoms. The third kappa shape index (κ3) is 2.79. The van der Waals surface area contributed by atoms with Crippen LogP contribution in [0.1, 0.15) is 39.0 Å². The lowest BCUT2D eigenvalue weighted by Gasteiger charge is -2.29. The predicted octanol–water partition coefficient (Wildman–Crippen LogP) is 1.87. The first-order valence-corrected chi connectivity index (χ1v) is 8.13. The second-order valence-corrected chi connectivity index (χ2v) is 6.18. The van der Waals surface area contributed by atoms with Gasteiger partial charge >= 0.3 is 0 Å². The minimum absolute atomic E-state index is 0.0954. The topological polar surface area (TPSA) is 32.3 Å². The fourth-order valence-corrected chi connectivity index (χ4v) is 4.08. The molecule has 4 heteroatoms. The molecule has 0 aromatic carbocycles. The Morgan fingerprint density at radius 3 is 2.94 bits per heavy atom. The van der Waals surface area contributed by atoms with E-state index in [1.165, 1.54) is 19.3 Å². The van der Waals surface area contributed by atoms with Crippen LogP contribution in [0.15, 0.2) is 0 Å². The molecule has 1 aliphatic carbocycles. The van der Waals surface area contributed by atoms with Crippen molar-refractivity contribution in [2.24, 2.45) is 0 Å². The average Bonchev–Trinajstić information content (AvgIpc) is 2.93. The fourth-order valence-electron chi connectivity index (χ4n) is 3.08. The zero-order valence-electron chi connectivity index (χ0n) is 10.9. The summed E-state index contributed by atoms with van der Waals surface area (Å²) in [5.41, 5.74) is 0. The average molecular weight is 256 g/mol. The van der Waals surface area contributed by atoms with Crippen LogP contribution in [0.3, 0.4) is 0 Å². The monoisotopic (exact) mass is 256 g/mol. The highest BCUT2D eigenvalue weighted by molar-refractivity contribution is 7.99. The van der Waals surface area contributed by atoms with Gasteiger partial charge in [-0.2, -0.15) is 11.8 Å². The van der Waals surface area contributed by atoms with Crippen LogP contribution in [-0.4, -0.2) is 47.5 Å². The van der Waals surface area contributed by atoms with Gasteiger partial charge in [0.2, 0.25) is 5.91 Å². The molecule has 1 amide bonds. The molecule has 0 aromatic rings. The second kappa shape index (κ2) is 6.10. The van der Waals surface area contributed by atoms with Gasteiger partial charge in [0.25, 0.3) is 0 Å². The van der Waals surface area contributed by atoms with E-state index >= 15 is 0 Å². The maximum absolute atomic E-state index is 12.3. The molecule has 2 rings (SSSR count). The van der Waals surface area contributed by atoms with Crippen LogP contribution in [0.2, 0.25) is 0 Å². The third-order valence-corrected chi connectivity index (χ3v) is 5.16. The lowest BCUT2D eigenvalue weighted by molar-refractivity contribution is -0.131. The van der Waals surface area contributed by atoms with E-state index in [-0.39, 0.29) is 6.04 Å². The number of hydrogen-bond donors (Lipinski definition) is 1. The van der Waals surface area contributed by atoms with Crippen LogP contribution < -0.4 is 5.32 Å². The highest BCUT2D eigenvalue weighted by Crippen LogP contribution is 2.34. The standard InChI is InChI=1S/C13H24N2OS/c1-3-8-14-10-7-9-15(13(10)16)11-5-4-6-12(11)17-2/h10-12,14H,3-9H2,1-2H3. The lowest BCUT2D eigenvalue weighted by atomic mass is 10.2. The van der Waals surface area contributed by atoms with Crippen LogP contribution in [0.5, 0.6) is 0 Å². The predicted molar refractivity (Wildman–Crippen MR) is 73.4 cm³/mol. The van der Waals surface area contributed by atoms with E-state index in [2.05, 4.69) is 23.4 Å². The van der Waals surface area contributed by atoms with Gasteiger partial charge in [0.05, 0.1) is 6.04 Å². The second-order valence-electron chi connectivity index (χ2n) is 5.10. The van der Waals surface area contributed by atoms with Gasteiger partial charge in [0.1, 0.15) is 0 Å². The van der Waals surface area contributed by atoms with Crippen molar-refractivity contribution in [3.05, 3.63) is 0 Å². The highest BCUT2D eigenvalue weighted by Gasteiger charge is 2.40. The molecule has 0 aromatic heterocycles. The first kappa shape index (κ1) is 13.2. The van der Waals surface area contributed by atoms with Crippen LogP contribution >= 0.6 is 11.8 Å². The van der Waals surface area contributed by atoms with E-state index in [1.807, 2.05) is 11.8 Å². The first-order chi connectivity index (χ1) is 8.27. The Kier molecular flexibility index (Phi) is 4.74. The Hall–Kier alpha value is -0.220. The minimum atomic E-state index is 0.0954. The smallest absolute Gasteiger partial charge is 0.240 e. The zero-order chi connectivity index (χ0) is 12.3. The molecule has 3 atom stereocenters. The van der Waals surface area contributed by atoms with Gasteiger partial charge in [0.15, 0.2) is 0 Å². The summed E-state index contributed by atoms with van der Waals surface area (Å²) < 4.78 is 0. The van der Waals surface area contributed by atoms with Crippen molar-refractivity contribution in [2.45, 2.75) is 56.4 Å². The number of carbonyl (C=O) groups is 1. The maximum Gasteiger partial charge on any atom is 0.240 e. The van der Waals surface area contributed by atoms with Gasteiger partial charge in [-0.15, -0.1) is 0 Å². The molecule has 3 nitrogen and oxygen atoms in total. The van der Waals surface area contributed by atoms with Gasteiger partial charge < -0.3 is 10.2 Å². The summed E-state index contributed by atoms with van der Waals surface area (Å²) >= 11 is 1.93. The van der Waals surface area contributed by atoms with E-state index in [4.69, 9.17) is 0 Å². The fraction of sp³-hybridized carbons (Fsp3) is 0.923. The van der Waals surface area contributed by atoms with Crippen LogP contribution in [0.4, 0.5) is 0 Å². The normalized spacial score (nSPS) is 33.6. The molecule has 1 aliphatic heterocycles. The van der Waals surface area contributed by atoms with Gasteiger partial charge in [-0.05, 0) is 38.5 Å². The van der Waals surface area contributed by atoms with E-state index in [1.54, 1.807) is 0 Å². The molecule has 3 unspecified atom stereocenters. The van der Waals surface area contributed by atoms with Gasteiger partial charge in [0, 0.05) is 17.8 Å². The summed E-state index contributed by atoms with van der Waals surface area (Å²) in [4.78, 5) is 14.5. The minimum Gasteiger partial charge on any atom is -0.337 e. The van der Waals surface area contributed by atoms with Crippen molar-refractivity contribution < 1.29 is 4.79 Å². The Labute approximate surface area is 109 Å². The summed E-state index contributed by atoms with van der Waals surface area (Å²) in [5.74, 6) is 0.351. The molecule has 1 heterocycles. The lowest BCUT2D eigenvalue weighted by Crippen LogP contribution is -2.45. The van der Waals surface area contributed by atoms with E-state index < -0.39 is 0 Å². The Balaban J connectivity index is 1.92. The van der Waals surface area contributed by atoms with Crippen molar-refractivity contribution in [3.63, 3.8) is 0 Å².